The van der Waals surface area contributed by atoms with E-state index in [2.05, 4.69) is 18.7 Å². The minimum Gasteiger partial charge on any atom is -0.369 e. The van der Waals surface area contributed by atoms with E-state index in [1.54, 1.807) is 4.31 Å². The van der Waals surface area contributed by atoms with Crippen LogP contribution >= 0.6 is 11.6 Å². The van der Waals surface area contributed by atoms with E-state index in [4.69, 9.17) is 11.6 Å². The van der Waals surface area contributed by atoms with Crippen molar-refractivity contribution >= 4 is 33.1 Å². The summed E-state index contributed by atoms with van der Waals surface area (Å²) in [6.07, 6.45) is 2.23. The smallest absolute Gasteiger partial charge is 0.215 e. The van der Waals surface area contributed by atoms with Gasteiger partial charge in [0.15, 0.2) is 0 Å². The number of anilines is 1. The van der Waals surface area contributed by atoms with Crippen molar-refractivity contribution in [1.29, 1.82) is 0 Å². The average molecular weight is 411 g/mol. The largest absolute Gasteiger partial charge is 0.369 e. The standard InChI is InChI=1S/C20H27ClN2O3S/c1-19(2)15-6-7-20(19,18(24)12-15)14-27(25,26)23-10-8-22(9-11-23)17-5-3-4-16(21)13-17/h3-5,13,15H,6-12,14H2,1-2H3/t15-,20+/m0/s1. The number of benzene rings is 1. The Bertz CT molecular complexity index is 862. The van der Waals surface area contributed by atoms with Crippen LogP contribution in [-0.2, 0) is 14.8 Å². The predicted octanol–water partition coefficient (Wildman–Crippen LogP) is 3.19. The number of halogens is 1. The maximum atomic E-state index is 13.2. The van der Waals surface area contributed by atoms with E-state index in [0.717, 1.165) is 12.1 Å². The lowest BCUT2D eigenvalue weighted by molar-refractivity contribution is -0.128. The number of Topliss-reactive ketones (excluding diaryl/α,β-unsaturated/α-hetero) is 1. The quantitative estimate of drug-likeness (QED) is 0.764. The van der Waals surface area contributed by atoms with Crippen molar-refractivity contribution < 1.29 is 13.2 Å². The van der Waals surface area contributed by atoms with Crippen LogP contribution in [0.15, 0.2) is 24.3 Å². The molecule has 1 aliphatic heterocycles. The Labute approximate surface area is 166 Å². The first-order chi connectivity index (χ1) is 12.7. The summed E-state index contributed by atoms with van der Waals surface area (Å²) >= 11 is 6.07. The summed E-state index contributed by atoms with van der Waals surface area (Å²) in [7, 11) is -3.47. The van der Waals surface area contributed by atoms with Gasteiger partial charge in [-0.15, -0.1) is 0 Å². The summed E-state index contributed by atoms with van der Waals surface area (Å²) in [6, 6.07) is 7.64. The molecule has 3 aliphatic rings. The van der Waals surface area contributed by atoms with Crippen molar-refractivity contribution in [3.8, 4) is 0 Å². The first-order valence-electron chi connectivity index (χ1n) is 9.67. The highest BCUT2D eigenvalue weighted by Gasteiger charge is 2.65. The molecule has 7 heteroatoms. The summed E-state index contributed by atoms with van der Waals surface area (Å²) in [4.78, 5) is 14.9. The second-order valence-corrected chi connectivity index (χ2v) is 11.2. The summed E-state index contributed by atoms with van der Waals surface area (Å²) in [5.41, 5.74) is 0.101. The van der Waals surface area contributed by atoms with Crippen LogP contribution in [0.1, 0.15) is 33.1 Å². The van der Waals surface area contributed by atoms with Crippen molar-refractivity contribution in [3.05, 3.63) is 29.3 Å². The Hall–Kier alpha value is -1.11. The monoisotopic (exact) mass is 410 g/mol. The number of fused-ring (bicyclic) bond motifs is 2. The topological polar surface area (TPSA) is 57.7 Å². The molecule has 2 saturated carbocycles. The third-order valence-corrected chi connectivity index (χ3v) is 9.62. The molecule has 27 heavy (non-hydrogen) atoms. The lowest BCUT2D eigenvalue weighted by Crippen LogP contribution is -2.52. The summed E-state index contributed by atoms with van der Waals surface area (Å²) in [5, 5.41) is 0.680. The van der Waals surface area contributed by atoms with Crippen molar-refractivity contribution in [2.75, 3.05) is 36.8 Å². The van der Waals surface area contributed by atoms with Crippen LogP contribution < -0.4 is 4.90 Å². The Balaban J connectivity index is 1.47. The second-order valence-electron chi connectivity index (χ2n) is 8.79. The number of hydrogen-bond acceptors (Lipinski definition) is 4. The Morgan fingerprint density at radius 2 is 1.89 bits per heavy atom. The minimum atomic E-state index is -3.47. The second kappa shape index (κ2) is 6.46. The van der Waals surface area contributed by atoms with Gasteiger partial charge in [-0.2, -0.15) is 4.31 Å². The molecule has 4 rings (SSSR count). The van der Waals surface area contributed by atoms with E-state index < -0.39 is 15.4 Å². The van der Waals surface area contributed by atoms with Gasteiger partial charge in [0.05, 0.1) is 5.75 Å². The third-order valence-electron chi connectivity index (χ3n) is 7.37. The Kier molecular flexibility index (Phi) is 4.60. The van der Waals surface area contributed by atoms with Gasteiger partial charge in [-0.1, -0.05) is 31.5 Å². The van der Waals surface area contributed by atoms with Gasteiger partial charge in [-0.3, -0.25) is 4.79 Å². The Morgan fingerprint density at radius 3 is 2.44 bits per heavy atom. The zero-order valence-electron chi connectivity index (χ0n) is 15.9. The molecule has 1 heterocycles. The maximum absolute atomic E-state index is 13.2. The molecule has 1 aromatic carbocycles. The molecule has 148 valence electrons. The molecule has 0 radical (unpaired) electrons. The van der Waals surface area contributed by atoms with E-state index in [1.165, 1.54) is 0 Å². The molecule has 2 aliphatic carbocycles. The van der Waals surface area contributed by atoms with Crippen LogP contribution in [0.5, 0.6) is 0 Å². The molecule has 5 nitrogen and oxygen atoms in total. The zero-order chi connectivity index (χ0) is 19.4. The van der Waals surface area contributed by atoms with Gasteiger partial charge in [0.2, 0.25) is 10.0 Å². The fourth-order valence-corrected chi connectivity index (χ4v) is 7.79. The average Bonchev–Trinajstić information content (AvgIpc) is 2.96. The molecule has 1 aromatic rings. The number of carbonyl (C=O) groups excluding carboxylic acids is 1. The summed E-state index contributed by atoms with van der Waals surface area (Å²) in [5.74, 6) is 0.462. The molecule has 0 amide bonds. The summed E-state index contributed by atoms with van der Waals surface area (Å²) < 4.78 is 28.0. The molecule has 2 bridgehead atoms. The first kappa shape index (κ1) is 19.2. The van der Waals surface area contributed by atoms with Gasteiger partial charge in [0, 0.05) is 48.7 Å². The maximum Gasteiger partial charge on any atom is 0.215 e. The van der Waals surface area contributed by atoms with E-state index in [0.29, 0.717) is 50.0 Å². The van der Waals surface area contributed by atoms with Crippen LogP contribution in [0.25, 0.3) is 0 Å². The number of nitrogens with zero attached hydrogens (tertiary/aromatic N) is 2. The van der Waals surface area contributed by atoms with Gasteiger partial charge < -0.3 is 4.90 Å². The molecular formula is C20H27ClN2O3S. The van der Waals surface area contributed by atoms with E-state index in [1.807, 2.05) is 24.3 Å². The SMILES string of the molecule is CC1(C)[C@H]2CC[C@@]1(CS(=O)(=O)N1CCN(c3cccc(Cl)c3)CC1)C(=O)C2. The molecular weight excluding hydrogens is 384 g/mol. The van der Waals surface area contributed by atoms with Crippen molar-refractivity contribution in [3.63, 3.8) is 0 Å². The van der Waals surface area contributed by atoms with Gasteiger partial charge in [-0.05, 0) is 42.4 Å². The third kappa shape index (κ3) is 3.00. The molecule has 0 spiro atoms. The lowest BCUT2D eigenvalue weighted by atomic mass is 9.70. The number of hydrogen-bond donors (Lipinski definition) is 0. The van der Waals surface area contributed by atoms with Crippen molar-refractivity contribution in [1.82, 2.24) is 4.31 Å². The van der Waals surface area contributed by atoms with E-state index >= 15 is 0 Å². The van der Waals surface area contributed by atoms with Crippen molar-refractivity contribution in [2.24, 2.45) is 16.7 Å². The van der Waals surface area contributed by atoms with Gasteiger partial charge >= 0.3 is 0 Å². The van der Waals surface area contributed by atoms with Crippen LogP contribution in [-0.4, -0.2) is 50.4 Å². The number of piperazine rings is 1. The number of rotatable bonds is 4. The minimum absolute atomic E-state index is 0.0283. The molecule has 3 fully saturated rings. The fourth-order valence-electron chi connectivity index (χ4n) is 5.41. The molecule has 0 unspecified atom stereocenters. The van der Waals surface area contributed by atoms with Gasteiger partial charge in [0.1, 0.15) is 5.78 Å². The van der Waals surface area contributed by atoms with E-state index in [9.17, 15) is 13.2 Å². The molecule has 0 aromatic heterocycles. The van der Waals surface area contributed by atoms with Gasteiger partial charge in [-0.25, -0.2) is 8.42 Å². The molecule has 0 N–H and O–H groups in total. The zero-order valence-corrected chi connectivity index (χ0v) is 17.5. The Morgan fingerprint density at radius 1 is 1.19 bits per heavy atom. The van der Waals surface area contributed by atoms with Gasteiger partial charge in [0.25, 0.3) is 0 Å². The highest BCUT2D eigenvalue weighted by atomic mass is 35.5. The van der Waals surface area contributed by atoms with E-state index in [-0.39, 0.29) is 17.0 Å². The normalized spacial score (nSPS) is 30.9. The van der Waals surface area contributed by atoms with Crippen molar-refractivity contribution in [2.45, 2.75) is 33.1 Å². The van der Waals surface area contributed by atoms with Crippen LogP contribution in [0.4, 0.5) is 5.69 Å². The predicted molar refractivity (Wildman–Crippen MR) is 108 cm³/mol. The van der Waals surface area contributed by atoms with Crippen LogP contribution in [0.3, 0.4) is 0 Å². The van der Waals surface area contributed by atoms with Crippen LogP contribution in [0, 0.1) is 16.7 Å². The lowest BCUT2D eigenvalue weighted by Gasteiger charge is -2.40. The highest BCUT2D eigenvalue weighted by molar-refractivity contribution is 7.89. The number of sulfonamides is 1. The number of ketones is 1. The summed E-state index contributed by atoms with van der Waals surface area (Å²) in [6.45, 7) is 6.33. The number of carbonyl (C=O) groups is 1. The first-order valence-corrected chi connectivity index (χ1v) is 11.7. The van der Waals surface area contributed by atoms with Crippen LogP contribution in [0.2, 0.25) is 5.02 Å². The molecule has 2 atom stereocenters. The fraction of sp³-hybridized carbons (Fsp3) is 0.650. The molecule has 1 saturated heterocycles. The highest BCUT2D eigenvalue weighted by Crippen LogP contribution is 2.64.